The number of methoxy groups -OCH3 is 1. The molecule has 0 unspecified atom stereocenters. The molecule has 0 aliphatic heterocycles. The molecule has 0 heterocycles. The Balaban J connectivity index is 2.59. The Bertz CT molecular complexity index is 415. The van der Waals surface area contributed by atoms with Crippen LogP contribution in [-0.4, -0.2) is 20.2 Å². The van der Waals surface area contributed by atoms with E-state index in [0.717, 1.165) is 36.7 Å². The van der Waals surface area contributed by atoms with Gasteiger partial charge in [0.05, 0.1) is 7.11 Å². The van der Waals surface area contributed by atoms with E-state index in [4.69, 9.17) is 16.3 Å². The van der Waals surface area contributed by atoms with Gasteiger partial charge in [-0.25, -0.2) is 0 Å². The van der Waals surface area contributed by atoms with E-state index in [2.05, 4.69) is 33.0 Å². The van der Waals surface area contributed by atoms with Crippen LogP contribution in [0.25, 0.3) is 0 Å². The molecule has 1 aromatic carbocycles. The highest BCUT2D eigenvalue weighted by Crippen LogP contribution is 2.31. The van der Waals surface area contributed by atoms with Gasteiger partial charge in [0, 0.05) is 5.02 Å². The predicted molar refractivity (Wildman–Crippen MR) is 87.8 cm³/mol. The third kappa shape index (κ3) is 6.15. The fourth-order valence-corrected chi connectivity index (χ4v) is 2.50. The van der Waals surface area contributed by atoms with Crippen molar-refractivity contribution in [3.05, 3.63) is 28.8 Å². The third-order valence-corrected chi connectivity index (χ3v) is 3.68. The van der Waals surface area contributed by atoms with Crippen molar-refractivity contribution in [1.82, 2.24) is 5.32 Å². The summed E-state index contributed by atoms with van der Waals surface area (Å²) in [4.78, 5) is 0. The summed E-state index contributed by atoms with van der Waals surface area (Å²) in [5.74, 6) is 1.63. The van der Waals surface area contributed by atoms with Gasteiger partial charge in [-0.05, 0) is 61.0 Å². The van der Waals surface area contributed by atoms with Crippen molar-refractivity contribution < 1.29 is 4.74 Å². The molecule has 0 atom stereocenters. The molecule has 0 amide bonds. The maximum Gasteiger partial charge on any atom is 0.122 e. The van der Waals surface area contributed by atoms with Crippen LogP contribution < -0.4 is 10.1 Å². The molecule has 20 heavy (non-hydrogen) atoms. The van der Waals surface area contributed by atoms with E-state index in [9.17, 15) is 0 Å². The number of nitrogens with one attached hydrogen (secondary N) is 1. The normalized spacial score (nSPS) is 11.9. The van der Waals surface area contributed by atoms with E-state index in [1.165, 1.54) is 5.56 Å². The molecule has 0 saturated heterocycles. The van der Waals surface area contributed by atoms with Crippen LogP contribution in [0.1, 0.15) is 39.7 Å². The van der Waals surface area contributed by atoms with Crippen molar-refractivity contribution in [1.29, 1.82) is 0 Å². The topological polar surface area (TPSA) is 21.3 Å². The fraction of sp³-hybridized carbons (Fsp3) is 0.647. The molecule has 1 aromatic rings. The molecule has 0 fully saturated rings. The van der Waals surface area contributed by atoms with Gasteiger partial charge >= 0.3 is 0 Å². The van der Waals surface area contributed by atoms with Crippen LogP contribution in [0.3, 0.4) is 0 Å². The first-order valence-corrected chi connectivity index (χ1v) is 7.75. The van der Waals surface area contributed by atoms with Crippen molar-refractivity contribution in [3.8, 4) is 5.75 Å². The SMILES string of the molecule is COc1ccc(Cl)cc1CC(C)(C)CCNCC(C)C. The average molecular weight is 298 g/mol. The van der Waals surface area contributed by atoms with E-state index >= 15 is 0 Å². The summed E-state index contributed by atoms with van der Waals surface area (Å²) >= 11 is 6.10. The number of ether oxygens (including phenoxy) is 1. The van der Waals surface area contributed by atoms with E-state index < -0.39 is 0 Å². The second-order valence-corrected chi connectivity index (χ2v) is 7.08. The Labute approximate surface area is 128 Å². The van der Waals surface area contributed by atoms with Crippen molar-refractivity contribution in [2.45, 2.75) is 40.5 Å². The number of halogens is 1. The van der Waals surface area contributed by atoms with Crippen LogP contribution in [0.15, 0.2) is 18.2 Å². The highest BCUT2D eigenvalue weighted by atomic mass is 35.5. The third-order valence-electron chi connectivity index (χ3n) is 3.44. The molecule has 0 aliphatic rings. The maximum atomic E-state index is 6.10. The summed E-state index contributed by atoms with van der Waals surface area (Å²) in [6.07, 6.45) is 2.11. The Morgan fingerprint density at radius 3 is 2.60 bits per heavy atom. The molecule has 0 aromatic heterocycles. The first-order valence-electron chi connectivity index (χ1n) is 7.37. The zero-order valence-electron chi connectivity index (χ0n) is 13.4. The zero-order valence-corrected chi connectivity index (χ0v) is 14.2. The van der Waals surface area contributed by atoms with Crippen molar-refractivity contribution in [3.63, 3.8) is 0 Å². The molecule has 3 heteroatoms. The van der Waals surface area contributed by atoms with E-state index in [1.807, 2.05) is 18.2 Å². The van der Waals surface area contributed by atoms with Crippen LogP contribution >= 0.6 is 11.6 Å². The Morgan fingerprint density at radius 1 is 1.30 bits per heavy atom. The van der Waals surface area contributed by atoms with E-state index in [-0.39, 0.29) is 5.41 Å². The summed E-state index contributed by atoms with van der Waals surface area (Å²) in [7, 11) is 1.71. The fourth-order valence-electron chi connectivity index (χ4n) is 2.31. The lowest BCUT2D eigenvalue weighted by molar-refractivity contribution is 0.315. The highest BCUT2D eigenvalue weighted by molar-refractivity contribution is 6.30. The van der Waals surface area contributed by atoms with Gasteiger partial charge in [0.15, 0.2) is 0 Å². The number of hydrogen-bond acceptors (Lipinski definition) is 2. The number of rotatable bonds is 8. The minimum absolute atomic E-state index is 0.224. The molecule has 0 bridgehead atoms. The highest BCUT2D eigenvalue weighted by Gasteiger charge is 2.20. The van der Waals surface area contributed by atoms with Gasteiger partial charge in [0.2, 0.25) is 0 Å². The Kier molecular flexibility index (Phi) is 6.84. The van der Waals surface area contributed by atoms with Gasteiger partial charge < -0.3 is 10.1 Å². The van der Waals surface area contributed by atoms with Gasteiger partial charge in [-0.15, -0.1) is 0 Å². The standard InChI is InChI=1S/C17H28ClNO/c1-13(2)12-19-9-8-17(3,4)11-14-10-15(18)6-7-16(14)20-5/h6-7,10,13,19H,8-9,11-12H2,1-5H3. The smallest absolute Gasteiger partial charge is 0.122 e. The van der Waals surface area contributed by atoms with Crippen molar-refractivity contribution in [2.24, 2.45) is 11.3 Å². The lowest BCUT2D eigenvalue weighted by atomic mass is 9.82. The van der Waals surface area contributed by atoms with Gasteiger partial charge in [-0.2, -0.15) is 0 Å². The molecule has 1 rings (SSSR count). The van der Waals surface area contributed by atoms with Crippen molar-refractivity contribution >= 4 is 11.6 Å². The summed E-state index contributed by atoms with van der Waals surface area (Å²) in [6.45, 7) is 11.2. The van der Waals surface area contributed by atoms with Crippen LogP contribution in [0.5, 0.6) is 5.75 Å². The van der Waals surface area contributed by atoms with Crippen LogP contribution in [0.2, 0.25) is 5.02 Å². The molecule has 0 spiro atoms. The quantitative estimate of drug-likeness (QED) is 0.711. The second kappa shape index (κ2) is 7.90. The Morgan fingerprint density at radius 2 is 2.00 bits per heavy atom. The number of hydrogen-bond donors (Lipinski definition) is 1. The molecule has 114 valence electrons. The molecular formula is C17H28ClNO. The van der Waals surface area contributed by atoms with Crippen molar-refractivity contribution in [2.75, 3.05) is 20.2 Å². The van der Waals surface area contributed by atoms with Gasteiger partial charge in [-0.1, -0.05) is 39.3 Å². The zero-order chi connectivity index (χ0) is 15.2. The summed E-state index contributed by atoms with van der Waals surface area (Å²) < 4.78 is 5.43. The van der Waals surface area contributed by atoms with Crippen LogP contribution in [-0.2, 0) is 6.42 Å². The maximum absolute atomic E-state index is 6.10. The van der Waals surface area contributed by atoms with Crippen LogP contribution in [0, 0.1) is 11.3 Å². The summed E-state index contributed by atoms with van der Waals surface area (Å²) in [5, 5.41) is 4.28. The van der Waals surface area contributed by atoms with E-state index in [0.29, 0.717) is 5.92 Å². The lowest BCUT2D eigenvalue weighted by Crippen LogP contribution is -2.26. The van der Waals surface area contributed by atoms with Gasteiger partial charge in [-0.3, -0.25) is 0 Å². The second-order valence-electron chi connectivity index (χ2n) is 6.65. The Hall–Kier alpha value is -0.730. The van der Waals surface area contributed by atoms with Crippen LogP contribution in [0.4, 0.5) is 0 Å². The van der Waals surface area contributed by atoms with Gasteiger partial charge in [0.25, 0.3) is 0 Å². The average Bonchev–Trinajstić information content (AvgIpc) is 2.34. The minimum atomic E-state index is 0.224. The first kappa shape index (κ1) is 17.3. The molecule has 0 radical (unpaired) electrons. The largest absolute Gasteiger partial charge is 0.496 e. The first-order chi connectivity index (χ1) is 9.34. The number of benzene rings is 1. The minimum Gasteiger partial charge on any atom is -0.496 e. The summed E-state index contributed by atoms with van der Waals surface area (Å²) in [6, 6.07) is 5.84. The lowest BCUT2D eigenvalue weighted by Gasteiger charge is -2.26. The monoisotopic (exact) mass is 297 g/mol. The molecule has 0 aliphatic carbocycles. The van der Waals surface area contributed by atoms with Gasteiger partial charge in [0.1, 0.15) is 5.75 Å². The summed E-state index contributed by atoms with van der Waals surface area (Å²) in [5.41, 5.74) is 1.41. The predicted octanol–water partition coefficient (Wildman–Crippen LogP) is 4.55. The van der Waals surface area contributed by atoms with E-state index in [1.54, 1.807) is 7.11 Å². The molecule has 1 N–H and O–H groups in total. The molecule has 0 saturated carbocycles. The molecule has 2 nitrogen and oxygen atoms in total. The molecular weight excluding hydrogens is 270 g/mol.